The van der Waals surface area contributed by atoms with E-state index in [1.54, 1.807) is 31.2 Å². The molecule has 0 unspecified atom stereocenters. The number of anilines is 1. The number of hydrogen-bond acceptors (Lipinski definition) is 6. The average Bonchev–Trinajstić information content (AvgIpc) is 3.32. The van der Waals surface area contributed by atoms with Gasteiger partial charge in [0, 0.05) is 24.1 Å². The molecule has 8 nitrogen and oxygen atoms in total. The lowest BCUT2D eigenvalue weighted by Gasteiger charge is -2.24. The quantitative estimate of drug-likeness (QED) is 0.191. The molecule has 1 heterocycles. The summed E-state index contributed by atoms with van der Waals surface area (Å²) in [6.45, 7) is 5.68. The highest BCUT2D eigenvalue weighted by Crippen LogP contribution is 2.39. The van der Waals surface area contributed by atoms with Gasteiger partial charge in [0.1, 0.15) is 23.8 Å². The van der Waals surface area contributed by atoms with Gasteiger partial charge in [0.05, 0.1) is 36.8 Å². The molecule has 3 aromatic carbocycles. The molecule has 0 aliphatic rings. The van der Waals surface area contributed by atoms with Crippen LogP contribution in [0.5, 0.6) is 5.75 Å². The lowest BCUT2D eigenvalue weighted by Crippen LogP contribution is -2.31. The van der Waals surface area contributed by atoms with Crippen molar-refractivity contribution in [3.63, 3.8) is 0 Å². The van der Waals surface area contributed by atoms with Crippen LogP contribution < -0.4 is 9.04 Å². The summed E-state index contributed by atoms with van der Waals surface area (Å²) < 4.78 is 39.5. The number of carboxylic acids is 1. The molecule has 0 aliphatic carbocycles. The van der Waals surface area contributed by atoms with Crippen molar-refractivity contribution in [2.75, 3.05) is 10.8 Å². The van der Waals surface area contributed by atoms with E-state index in [1.165, 1.54) is 30.3 Å². The molecule has 0 saturated carbocycles. The van der Waals surface area contributed by atoms with Crippen LogP contribution >= 0.6 is 34.8 Å². The molecule has 0 radical (unpaired) electrons. The Kier molecular flexibility index (Phi) is 8.99. The average molecular weight is 624 g/mol. The third-order valence-electron chi connectivity index (χ3n) is 6.07. The molecule has 0 fully saturated rings. The highest BCUT2D eigenvalue weighted by molar-refractivity contribution is 7.92. The van der Waals surface area contributed by atoms with Crippen molar-refractivity contribution in [3.8, 4) is 17.0 Å². The van der Waals surface area contributed by atoms with Gasteiger partial charge in [-0.25, -0.2) is 13.2 Å². The second kappa shape index (κ2) is 12.1. The van der Waals surface area contributed by atoms with Gasteiger partial charge >= 0.3 is 5.97 Å². The number of aromatic nitrogens is 1. The second-order valence-corrected chi connectivity index (χ2v) is 12.1. The standard InChI is InChI=1S/C28H25Cl3N2O6S/c1-4-33(40(36,37)19-8-5-7-17(13-19)28(34)35)24-12-11-18(14-23(24)31)38-15-20-26(32-39-27(20)16(2)3)25-21(29)9-6-10-22(25)30/h5-14,16H,4,15H2,1-3H3,(H,34,35). The number of sulfonamides is 1. The van der Waals surface area contributed by atoms with Crippen molar-refractivity contribution in [3.05, 3.63) is 92.6 Å². The molecule has 210 valence electrons. The van der Waals surface area contributed by atoms with Gasteiger partial charge in [0.25, 0.3) is 10.0 Å². The molecule has 0 amide bonds. The van der Waals surface area contributed by atoms with E-state index in [1.807, 2.05) is 13.8 Å². The Labute approximate surface area is 247 Å². The van der Waals surface area contributed by atoms with E-state index < -0.39 is 16.0 Å². The van der Waals surface area contributed by atoms with Gasteiger partial charge in [-0.05, 0) is 49.4 Å². The molecular formula is C28H25Cl3N2O6S. The minimum atomic E-state index is -4.10. The van der Waals surface area contributed by atoms with Crippen LogP contribution in [0.25, 0.3) is 11.3 Å². The smallest absolute Gasteiger partial charge is 0.335 e. The maximum atomic E-state index is 13.4. The minimum absolute atomic E-state index is 0.00461. The van der Waals surface area contributed by atoms with Crippen LogP contribution in [0.3, 0.4) is 0 Å². The zero-order chi connectivity index (χ0) is 29.2. The van der Waals surface area contributed by atoms with Gasteiger partial charge in [-0.15, -0.1) is 0 Å². The van der Waals surface area contributed by atoms with E-state index in [0.717, 1.165) is 10.4 Å². The van der Waals surface area contributed by atoms with Crippen molar-refractivity contribution in [2.24, 2.45) is 0 Å². The Bertz CT molecular complexity index is 1650. The molecular weight excluding hydrogens is 599 g/mol. The van der Waals surface area contributed by atoms with Crippen LogP contribution in [0.1, 0.15) is 48.4 Å². The van der Waals surface area contributed by atoms with Crippen molar-refractivity contribution in [1.29, 1.82) is 0 Å². The number of aromatic carboxylic acids is 1. The first-order valence-corrected chi connectivity index (χ1v) is 14.7. The van der Waals surface area contributed by atoms with Crippen LogP contribution in [-0.4, -0.2) is 31.2 Å². The number of carboxylic acid groups (broad SMARTS) is 1. The molecule has 0 saturated heterocycles. The Balaban J connectivity index is 1.63. The van der Waals surface area contributed by atoms with Crippen molar-refractivity contribution < 1.29 is 27.6 Å². The largest absolute Gasteiger partial charge is 0.489 e. The molecule has 12 heteroatoms. The second-order valence-electron chi connectivity index (χ2n) is 9.03. The Morgan fingerprint density at radius 1 is 1.02 bits per heavy atom. The van der Waals surface area contributed by atoms with Crippen molar-refractivity contribution in [1.82, 2.24) is 5.16 Å². The van der Waals surface area contributed by atoms with Gasteiger partial charge in [0.15, 0.2) is 0 Å². The van der Waals surface area contributed by atoms with E-state index >= 15 is 0 Å². The van der Waals surface area contributed by atoms with Gasteiger partial charge in [-0.2, -0.15) is 0 Å². The zero-order valence-electron chi connectivity index (χ0n) is 21.7. The monoisotopic (exact) mass is 622 g/mol. The van der Waals surface area contributed by atoms with Crippen LogP contribution in [0.15, 0.2) is 70.1 Å². The number of nitrogens with zero attached hydrogens (tertiary/aromatic N) is 2. The predicted octanol–water partition coefficient (Wildman–Crippen LogP) is 7.92. The number of halogens is 3. The first-order chi connectivity index (χ1) is 18.9. The van der Waals surface area contributed by atoms with Crippen molar-refractivity contribution >= 4 is 56.5 Å². The molecule has 1 aromatic heterocycles. The van der Waals surface area contributed by atoms with E-state index in [0.29, 0.717) is 38.4 Å². The summed E-state index contributed by atoms with van der Waals surface area (Å²) in [6, 6.07) is 14.9. The summed E-state index contributed by atoms with van der Waals surface area (Å²) in [4.78, 5) is 11.2. The number of ether oxygens (including phenoxy) is 1. The maximum absolute atomic E-state index is 13.4. The Morgan fingerprint density at radius 2 is 1.70 bits per heavy atom. The fourth-order valence-electron chi connectivity index (χ4n) is 4.16. The summed E-state index contributed by atoms with van der Waals surface area (Å²) in [7, 11) is -4.10. The zero-order valence-corrected chi connectivity index (χ0v) is 24.8. The highest BCUT2D eigenvalue weighted by atomic mass is 35.5. The summed E-state index contributed by atoms with van der Waals surface area (Å²) >= 11 is 19.4. The molecule has 4 aromatic rings. The summed E-state index contributed by atoms with van der Waals surface area (Å²) in [5, 5.41) is 14.5. The number of benzene rings is 3. The molecule has 0 aliphatic heterocycles. The first kappa shape index (κ1) is 29.7. The molecule has 0 bridgehead atoms. The SMILES string of the molecule is CCN(c1ccc(OCc2c(-c3c(Cl)cccc3Cl)noc2C(C)C)cc1Cl)S(=O)(=O)c1cccc(C(=O)O)c1. The predicted molar refractivity (Wildman–Crippen MR) is 155 cm³/mol. The summed E-state index contributed by atoms with van der Waals surface area (Å²) in [5.41, 5.74) is 1.74. The Morgan fingerprint density at radius 3 is 2.30 bits per heavy atom. The molecule has 0 atom stereocenters. The van der Waals surface area contributed by atoms with Crippen LogP contribution in [0.2, 0.25) is 15.1 Å². The summed E-state index contributed by atoms with van der Waals surface area (Å²) in [5.74, 6) is -0.245. The molecule has 4 rings (SSSR count). The fourth-order valence-corrected chi connectivity index (χ4v) is 6.60. The molecule has 40 heavy (non-hydrogen) atoms. The highest BCUT2D eigenvalue weighted by Gasteiger charge is 2.27. The Hall–Kier alpha value is -3.24. The first-order valence-electron chi connectivity index (χ1n) is 12.2. The molecule has 0 spiro atoms. The van der Waals surface area contributed by atoms with Crippen LogP contribution in [0, 0.1) is 0 Å². The normalized spacial score (nSPS) is 11.6. The summed E-state index contributed by atoms with van der Waals surface area (Å²) in [6.07, 6.45) is 0. The lowest BCUT2D eigenvalue weighted by molar-refractivity contribution is 0.0696. The third kappa shape index (κ3) is 5.93. The van der Waals surface area contributed by atoms with Gasteiger partial charge in [-0.3, -0.25) is 4.31 Å². The van der Waals surface area contributed by atoms with Crippen LogP contribution in [0.4, 0.5) is 5.69 Å². The van der Waals surface area contributed by atoms with Gasteiger partial charge in [-0.1, -0.05) is 65.9 Å². The maximum Gasteiger partial charge on any atom is 0.335 e. The van der Waals surface area contributed by atoms with E-state index in [2.05, 4.69) is 5.16 Å². The van der Waals surface area contributed by atoms with E-state index in [-0.39, 0.29) is 40.2 Å². The van der Waals surface area contributed by atoms with Gasteiger partial charge < -0.3 is 14.4 Å². The topological polar surface area (TPSA) is 110 Å². The number of carbonyl (C=O) groups is 1. The van der Waals surface area contributed by atoms with E-state index in [9.17, 15) is 18.3 Å². The number of hydrogen-bond donors (Lipinski definition) is 1. The van der Waals surface area contributed by atoms with Crippen LogP contribution in [-0.2, 0) is 16.6 Å². The minimum Gasteiger partial charge on any atom is -0.489 e. The lowest BCUT2D eigenvalue weighted by atomic mass is 10.0. The number of rotatable bonds is 10. The van der Waals surface area contributed by atoms with Crippen molar-refractivity contribution in [2.45, 2.75) is 38.2 Å². The fraction of sp³-hybridized carbons (Fsp3) is 0.214. The molecule has 1 N–H and O–H groups in total. The third-order valence-corrected chi connectivity index (χ3v) is 8.89. The van der Waals surface area contributed by atoms with E-state index in [4.69, 9.17) is 44.1 Å². The van der Waals surface area contributed by atoms with Gasteiger partial charge in [0.2, 0.25) is 0 Å².